The van der Waals surface area contributed by atoms with Crippen molar-refractivity contribution in [3.63, 3.8) is 0 Å². The molecule has 2 aromatic heterocycles. The van der Waals surface area contributed by atoms with Crippen molar-refractivity contribution in [2.24, 2.45) is 0 Å². The van der Waals surface area contributed by atoms with Gasteiger partial charge in [0, 0.05) is 19.0 Å². The highest BCUT2D eigenvalue weighted by Crippen LogP contribution is 2.19. The molecule has 0 fully saturated rings. The highest BCUT2D eigenvalue weighted by atomic mass is 79.9. The summed E-state index contributed by atoms with van der Waals surface area (Å²) >= 11 is 9.27. The summed E-state index contributed by atoms with van der Waals surface area (Å²) in [4.78, 5) is 12.3. The molecule has 2 heterocycles. The third-order valence-corrected chi connectivity index (χ3v) is 4.16. The second-order valence-electron chi connectivity index (χ2n) is 5.07. The topological polar surface area (TPSA) is 60.1 Å². The molecule has 0 aliphatic rings. The van der Waals surface area contributed by atoms with Crippen LogP contribution in [0.25, 0.3) is 5.69 Å². The van der Waals surface area contributed by atoms with E-state index in [-0.39, 0.29) is 10.7 Å². The lowest BCUT2D eigenvalue weighted by atomic mass is 10.3. The second-order valence-corrected chi connectivity index (χ2v) is 6.23. The number of hydrogen-bond acceptors (Lipinski definition) is 4. The molecule has 130 valence electrons. The van der Waals surface area contributed by atoms with Gasteiger partial charge in [-0.15, -0.1) is 0 Å². The minimum atomic E-state index is -0.908. The molecule has 0 saturated carbocycles. The predicted molar refractivity (Wildman–Crippen MR) is 93.4 cm³/mol. The van der Waals surface area contributed by atoms with E-state index in [2.05, 4.69) is 26.3 Å². The fraction of sp³-hybridized carbons (Fsp3) is 0.125. The van der Waals surface area contributed by atoms with Crippen LogP contribution in [0, 0.1) is 11.6 Å². The molecule has 0 spiro atoms. The predicted octanol–water partition coefficient (Wildman–Crippen LogP) is 4.17. The van der Waals surface area contributed by atoms with E-state index in [1.807, 2.05) is 6.07 Å². The van der Waals surface area contributed by atoms with Crippen LogP contribution in [0.5, 0.6) is 0 Å². The summed E-state index contributed by atoms with van der Waals surface area (Å²) in [7, 11) is 0. The number of benzene rings is 1. The van der Waals surface area contributed by atoms with Gasteiger partial charge in [0.25, 0.3) is 5.56 Å². The molecule has 0 aliphatic carbocycles. The minimum Gasteiger partial charge on any atom is -0.454 e. The van der Waals surface area contributed by atoms with Gasteiger partial charge in [-0.05, 0) is 40.2 Å². The first-order chi connectivity index (χ1) is 12.0. The van der Waals surface area contributed by atoms with Crippen LogP contribution in [0.2, 0.25) is 5.02 Å². The molecule has 1 aromatic carbocycles. The molecule has 25 heavy (non-hydrogen) atoms. The van der Waals surface area contributed by atoms with Crippen LogP contribution in [-0.2, 0) is 6.42 Å². The van der Waals surface area contributed by atoms with Crippen molar-refractivity contribution >= 4 is 33.2 Å². The Morgan fingerprint density at radius 2 is 2.08 bits per heavy atom. The average Bonchev–Trinajstić information content (AvgIpc) is 2.98. The van der Waals surface area contributed by atoms with Crippen LogP contribution in [-0.4, -0.2) is 16.3 Å². The highest BCUT2D eigenvalue weighted by molar-refractivity contribution is 9.10. The molecule has 0 atom stereocenters. The molecule has 3 aromatic rings. The molecule has 1 N–H and O–H groups in total. The van der Waals surface area contributed by atoms with Crippen molar-refractivity contribution in [3.05, 3.63) is 74.0 Å². The molecule has 0 unspecified atom stereocenters. The average molecular weight is 431 g/mol. The summed E-state index contributed by atoms with van der Waals surface area (Å²) in [5.41, 5.74) is -0.575. The van der Waals surface area contributed by atoms with Gasteiger partial charge in [0.15, 0.2) is 10.5 Å². The minimum absolute atomic E-state index is 0.139. The summed E-state index contributed by atoms with van der Waals surface area (Å²) in [6.07, 6.45) is 1.88. The summed E-state index contributed by atoms with van der Waals surface area (Å²) < 4.78 is 33.6. The van der Waals surface area contributed by atoms with E-state index in [4.69, 9.17) is 16.0 Å². The van der Waals surface area contributed by atoms with Crippen molar-refractivity contribution in [3.8, 4) is 5.69 Å². The van der Waals surface area contributed by atoms with E-state index in [0.717, 1.165) is 22.6 Å². The van der Waals surface area contributed by atoms with Gasteiger partial charge in [-0.2, -0.15) is 9.78 Å². The number of aromatic nitrogens is 2. The van der Waals surface area contributed by atoms with Gasteiger partial charge < -0.3 is 9.73 Å². The van der Waals surface area contributed by atoms with Crippen LogP contribution in [0.3, 0.4) is 0 Å². The maximum absolute atomic E-state index is 13.8. The first-order valence-corrected chi connectivity index (χ1v) is 8.34. The smallest absolute Gasteiger partial charge is 0.292 e. The van der Waals surface area contributed by atoms with Crippen LogP contribution in [0.15, 0.2) is 50.4 Å². The molecule has 3 rings (SSSR count). The van der Waals surface area contributed by atoms with Crippen molar-refractivity contribution in [2.45, 2.75) is 6.42 Å². The largest absolute Gasteiger partial charge is 0.454 e. The number of halogens is 4. The van der Waals surface area contributed by atoms with Gasteiger partial charge >= 0.3 is 0 Å². The highest BCUT2D eigenvalue weighted by Gasteiger charge is 2.14. The lowest BCUT2D eigenvalue weighted by Gasteiger charge is -2.10. The molecule has 0 saturated heterocycles. The molecular weight excluding hydrogens is 420 g/mol. The maximum atomic E-state index is 13.8. The fourth-order valence-corrected chi connectivity index (χ4v) is 2.72. The molecule has 0 radical (unpaired) electrons. The standard InChI is InChI=1S/C16H11BrClF2N3O2/c17-14-4-2-10(25-14)5-6-21-12-8-22-23(16(24)15(12)18)13-3-1-9(19)7-11(13)20/h1-4,7-8,21H,5-6H2. The molecule has 9 heteroatoms. The Labute approximate surface area is 154 Å². The Hall–Kier alpha value is -2.19. The molecule has 0 bridgehead atoms. The lowest BCUT2D eigenvalue weighted by Crippen LogP contribution is -2.24. The van der Waals surface area contributed by atoms with E-state index in [9.17, 15) is 13.6 Å². The summed E-state index contributed by atoms with van der Waals surface area (Å²) in [6.45, 7) is 0.454. The zero-order chi connectivity index (χ0) is 18.0. The Balaban J connectivity index is 1.79. The second kappa shape index (κ2) is 7.37. The van der Waals surface area contributed by atoms with Gasteiger partial charge in [0.2, 0.25) is 0 Å². The molecule has 5 nitrogen and oxygen atoms in total. The number of nitrogens with one attached hydrogen (secondary N) is 1. The first kappa shape index (κ1) is 17.6. The Morgan fingerprint density at radius 1 is 1.28 bits per heavy atom. The monoisotopic (exact) mass is 429 g/mol. The number of nitrogens with zero attached hydrogens (tertiary/aromatic N) is 2. The Bertz CT molecular complexity index is 974. The van der Waals surface area contributed by atoms with Gasteiger partial charge in [0.1, 0.15) is 22.3 Å². The number of anilines is 1. The van der Waals surface area contributed by atoms with E-state index in [1.165, 1.54) is 6.20 Å². The summed E-state index contributed by atoms with van der Waals surface area (Å²) in [5, 5.41) is 6.73. The number of hydrogen-bond donors (Lipinski definition) is 1. The molecule has 0 amide bonds. The Morgan fingerprint density at radius 3 is 2.76 bits per heavy atom. The quantitative estimate of drug-likeness (QED) is 0.660. The van der Waals surface area contributed by atoms with Crippen LogP contribution in [0.1, 0.15) is 5.76 Å². The van der Waals surface area contributed by atoms with Crippen LogP contribution < -0.4 is 10.9 Å². The SMILES string of the molecule is O=c1c(Cl)c(NCCc2ccc(Br)o2)cnn1-c1ccc(F)cc1F. The van der Waals surface area contributed by atoms with Crippen molar-refractivity contribution in [1.82, 2.24) is 9.78 Å². The van der Waals surface area contributed by atoms with Gasteiger partial charge in [-0.1, -0.05) is 11.6 Å². The molecular formula is C16H11BrClF2N3O2. The third-order valence-electron chi connectivity index (χ3n) is 3.37. The number of furan rings is 1. The Kier molecular flexibility index (Phi) is 5.19. The summed E-state index contributed by atoms with van der Waals surface area (Å²) in [6, 6.07) is 6.43. The first-order valence-electron chi connectivity index (χ1n) is 7.17. The van der Waals surface area contributed by atoms with E-state index in [0.29, 0.717) is 29.4 Å². The van der Waals surface area contributed by atoms with Crippen LogP contribution in [0.4, 0.5) is 14.5 Å². The van der Waals surface area contributed by atoms with Crippen molar-refractivity contribution in [2.75, 3.05) is 11.9 Å². The fourth-order valence-electron chi connectivity index (χ4n) is 2.19. The van der Waals surface area contributed by atoms with E-state index in [1.54, 1.807) is 6.07 Å². The van der Waals surface area contributed by atoms with Crippen molar-refractivity contribution < 1.29 is 13.2 Å². The summed E-state index contributed by atoms with van der Waals surface area (Å²) in [5.74, 6) is -0.900. The van der Waals surface area contributed by atoms with Crippen molar-refractivity contribution in [1.29, 1.82) is 0 Å². The zero-order valence-electron chi connectivity index (χ0n) is 12.6. The molecule has 0 aliphatic heterocycles. The van der Waals surface area contributed by atoms with E-state index < -0.39 is 17.2 Å². The normalized spacial score (nSPS) is 10.9. The van der Waals surface area contributed by atoms with Gasteiger partial charge in [-0.3, -0.25) is 4.79 Å². The van der Waals surface area contributed by atoms with Gasteiger partial charge in [0.05, 0.1) is 11.9 Å². The zero-order valence-corrected chi connectivity index (χ0v) is 14.9. The third kappa shape index (κ3) is 3.91. The van der Waals surface area contributed by atoms with Crippen LogP contribution >= 0.6 is 27.5 Å². The van der Waals surface area contributed by atoms with Gasteiger partial charge in [-0.25, -0.2) is 8.78 Å². The van der Waals surface area contributed by atoms with E-state index >= 15 is 0 Å². The number of rotatable bonds is 5. The maximum Gasteiger partial charge on any atom is 0.292 e. The lowest BCUT2D eigenvalue weighted by molar-refractivity contribution is 0.491.